The summed E-state index contributed by atoms with van der Waals surface area (Å²) in [5.74, 6) is -3.34. The molecule has 4 heterocycles. The van der Waals surface area contributed by atoms with Gasteiger partial charge in [-0.15, -0.1) is 0 Å². The SMILES string of the molecule is CS(=O)(=O)N1CCN(c2ccc(NC3=NC=CC(=C([O-])C(=CCN4CCCC4)c4ccc(F)c(NS(=O)(=O)c5c(F)cccc5F)c4)N3)cn2)CC1. The second-order valence-corrected chi connectivity index (χ2v) is 15.9. The number of hydrogen-bond acceptors (Lipinski definition) is 11. The molecule has 6 rings (SSSR count). The monoisotopic (exact) mass is 757 g/mol. The van der Waals surface area contributed by atoms with E-state index in [-0.39, 0.29) is 22.8 Å². The lowest BCUT2D eigenvalue weighted by Gasteiger charge is -2.34. The van der Waals surface area contributed by atoms with E-state index in [9.17, 15) is 30.7 Å². The summed E-state index contributed by atoms with van der Waals surface area (Å²) in [5.41, 5.74) is 0.347. The number of sulfonamides is 2. The van der Waals surface area contributed by atoms with Crippen molar-refractivity contribution >= 4 is 48.8 Å². The van der Waals surface area contributed by atoms with Crippen LogP contribution in [0.3, 0.4) is 0 Å². The lowest BCUT2D eigenvalue weighted by atomic mass is 10.0. The van der Waals surface area contributed by atoms with Gasteiger partial charge in [-0.2, -0.15) is 4.31 Å². The number of piperazine rings is 1. The molecule has 3 aromatic rings. The first-order valence-electron chi connectivity index (χ1n) is 16.3. The Morgan fingerprint density at radius 2 is 1.65 bits per heavy atom. The molecule has 0 spiro atoms. The molecule has 2 fully saturated rings. The number of nitrogens with zero attached hydrogens (tertiary/aromatic N) is 5. The highest BCUT2D eigenvalue weighted by atomic mass is 32.2. The van der Waals surface area contributed by atoms with Gasteiger partial charge in [0.1, 0.15) is 23.3 Å². The van der Waals surface area contributed by atoms with Gasteiger partial charge in [-0.1, -0.05) is 24.0 Å². The maximum atomic E-state index is 15.0. The first kappa shape index (κ1) is 36.9. The minimum Gasteiger partial charge on any atom is -0.871 e. The van der Waals surface area contributed by atoms with Crippen molar-refractivity contribution in [1.82, 2.24) is 19.5 Å². The average molecular weight is 758 g/mol. The van der Waals surface area contributed by atoms with E-state index in [1.54, 1.807) is 24.4 Å². The maximum Gasteiger partial charge on any atom is 0.267 e. The summed E-state index contributed by atoms with van der Waals surface area (Å²) in [6.45, 7) is 3.72. The zero-order valence-electron chi connectivity index (χ0n) is 28.0. The zero-order chi connectivity index (χ0) is 37.0. The van der Waals surface area contributed by atoms with Crippen LogP contribution < -0.4 is 25.4 Å². The van der Waals surface area contributed by atoms with Crippen molar-refractivity contribution in [2.75, 3.05) is 67.0 Å². The van der Waals surface area contributed by atoms with Gasteiger partial charge in [0, 0.05) is 44.6 Å². The van der Waals surface area contributed by atoms with E-state index in [1.807, 2.05) is 9.62 Å². The van der Waals surface area contributed by atoms with Gasteiger partial charge in [0.05, 0.1) is 23.8 Å². The number of benzene rings is 2. The van der Waals surface area contributed by atoms with Crippen molar-refractivity contribution in [3.63, 3.8) is 0 Å². The standard InChI is InChI=1S/C34H37F3N8O5S2/c1-51(47,48)45-19-17-44(18-20-45)31-10-8-24(22-39-31)40-34-38-13-11-29(41-34)32(46)25(12-16-43-14-2-3-15-43)23-7-9-26(35)30(21-23)42-52(49,50)33-27(36)5-4-6-28(33)37/h4-13,21-22,42,46H,2-3,14-20H2,1H3,(H2,38,40,41)/p-1. The van der Waals surface area contributed by atoms with Gasteiger partial charge in [0.25, 0.3) is 10.0 Å². The van der Waals surface area contributed by atoms with Crippen LogP contribution in [0.1, 0.15) is 18.4 Å². The number of guanidine groups is 1. The first-order chi connectivity index (χ1) is 24.8. The second kappa shape index (κ2) is 15.4. The van der Waals surface area contributed by atoms with Gasteiger partial charge in [0.2, 0.25) is 16.0 Å². The Morgan fingerprint density at radius 3 is 2.31 bits per heavy atom. The van der Waals surface area contributed by atoms with E-state index in [2.05, 4.69) is 25.5 Å². The topological polar surface area (TPSA) is 162 Å². The highest BCUT2D eigenvalue weighted by molar-refractivity contribution is 7.92. The van der Waals surface area contributed by atoms with Crippen LogP contribution in [-0.4, -0.2) is 89.1 Å². The van der Waals surface area contributed by atoms with E-state index in [0.29, 0.717) is 44.2 Å². The second-order valence-electron chi connectivity index (χ2n) is 12.3. The molecule has 2 saturated heterocycles. The van der Waals surface area contributed by atoms with E-state index in [1.165, 1.54) is 28.9 Å². The van der Waals surface area contributed by atoms with Crippen LogP contribution in [0.5, 0.6) is 0 Å². The number of pyridine rings is 1. The minimum absolute atomic E-state index is 0.110. The molecule has 3 aliphatic rings. The number of aromatic nitrogens is 1. The summed E-state index contributed by atoms with van der Waals surface area (Å²) in [6, 6.07) is 9.50. The van der Waals surface area contributed by atoms with Gasteiger partial charge in [0.15, 0.2) is 4.90 Å². The maximum absolute atomic E-state index is 15.0. The Kier molecular flexibility index (Phi) is 10.9. The Bertz CT molecular complexity index is 2140. The van der Waals surface area contributed by atoms with Crippen LogP contribution in [0.2, 0.25) is 0 Å². The van der Waals surface area contributed by atoms with Crippen molar-refractivity contribution < 1.29 is 35.1 Å². The zero-order valence-corrected chi connectivity index (χ0v) is 29.7. The van der Waals surface area contributed by atoms with Gasteiger partial charge in [-0.05, 0) is 79.5 Å². The normalized spacial score (nSPS) is 18.6. The number of likely N-dealkylation sites (tertiary alicyclic amines) is 1. The van der Waals surface area contributed by atoms with Crippen molar-refractivity contribution in [2.45, 2.75) is 17.7 Å². The number of aliphatic imine (C=N–C) groups is 1. The molecule has 2 aromatic carbocycles. The summed E-state index contributed by atoms with van der Waals surface area (Å²) >= 11 is 0. The smallest absolute Gasteiger partial charge is 0.267 e. The molecule has 18 heteroatoms. The Labute approximate surface area is 300 Å². The summed E-state index contributed by atoms with van der Waals surface area (Å²) in [5, 5.41) is 20.1. The van der Waals surface area contributed by atoms with Gasteiger partial charge in [-0.25, -0.2) is 40.0 Å². The molecule has 1 aromatic heterocycles. The lowest BCUT2D eigenvalue weighted by Crippen LogP contribution is -2.48. The van der Waals surface area contributed by atoms with E-state index >= 15 is 4.39 Å². The van der Waals surface area contributed by atoms with Crippen LogP contribution >= 0.6 is 0 Å². The predicted molar refractivity (Wildman–Crippen MR) is 190 cm³/mol. The van der Waals surface area contributed by atoms with Crippen molar-refractivity contribution in [3.05, 3.63) is 108 Å². The minimum atomic E-state index is -4.90. The predicted octanol–water partition coefficient (Wildman–Crippen LogP) is 3.02. The number of allylic oxidation sites excluding steroid dienone is 2. The molecule has 3 aliphatic heterocycles. The number of anilines is 3. The molecule has 0 aliphatic carbocycles. The fourth-order valence-electron chi connectivity index (χ4n) is 5.99. The molecule has 0 unspecified atom stereocenters. The lowest BCUT2D eigenvalue weighted by molar-refractivity contribution is -0.294. The molecule has 0 saturated carbocycles. The molecule has 0 bridgehead atoms. The summed E-state index contributed by atoms with van der Waals surface area (Å²) < 4.78 is 96.7. The third kappa shape index (κ3) is 8.58. The van der Waals surface area contributed by atoms with Crippen LogP contribution in [-0.2, 0) is 20.0 Å². The third-order valence-electron chi connectivity index (χ3n) is 8.69. The highest BCUT2D eigenvalue weighted by Gasteiger charge is 2.26. The van der Waals surface area contributed by atoms with Crippen LogP contribution in [0.4, 0.5) is 30.4 Å². The Balaban J connectivity index is 1.22. The fourth-order valence-corrected chi connectivity index (χ4v) is 8.02. The quantitative estimate of drug-likeness (QED) is 0.262. The molecule has 13 nitrogen and oxygen atoms in total. The molecule has 276 valence electrons. The van der Waals surface area contributed by atoms with Crippen molar-refractivity contribution in [1.29, 1.82) is 0 Å². The molecule has 52 heavy (non-hydrogen) atoms. The van der Waals surface area contributed by atoms with Crippen molar-refractivity contribution in [3.8, 4) is 0 Å². The van der Waals surface area contributed by atoms with Gasteiger partial charge >= 0.3 is 0 Å². The number of nitrogens with one attached hydrogen (secondary N) is 3. The van der Waals surface area contributed by atoms with Gasteiger partial charge < -0.3 is 20.6 Å². The fraction of sp³-hybridized carbons (Fsp3) is 0.294. The molecule has 0 radical (unpaired) electrons. The highest BCUT2D eigenvalue weighted by Crippen LogP contribution is 2.30. The van der Waals surface area contributed by atoms with Crippen LogP contribution in [0, 0.1) is 17.5 Å². The first-order valence-corrected chi connectivity index (χ1v) is 19.7. The third-order valence-corrected chi connectivity index (χ3v) is 11.4. The number of hydrogen-bond donors (Lipinski definition) is 3. The molecule has 0 amide bonds. The van der Waals surface area contributed by atoms with E-state index < -0.39 is 53.8 Å². The van der Waals surface area contributed by atoms with E-state index in [0.717, 1.165) is 56.3 Å². The molecular formula is C34H36F3N8O5S2-. The Hall–Kier alpha value is -4.91. The summed E-state index contributed by atoms with van der Waals surface area (Å²) in [6.07, 6.45) is 9.31. The molecule has 3 N–H and O–H groups in total. The van der Waals surface area contributed by atoms with E-state index in [4.69, 9.17) is 0 Å². The van der Waals surface area contributed by atoms with Gasteiger partial charge in [-0.3, -0.25) is 9.62 Å². The van der Waals surface area contributed by atoms with Crippen LogP contribution in [0.15, 0.2) is 94.4 Å². The van der Waals surface area contributed by atoms with Crippen LogP contribution in [0.25, 0.3) is 5.57 Å². The largest absolute Gasteiger partial charge is 0.871 e. The Morgan fingerprint density at radius 1 is 0.942 bits per heavy atom. The average Bonchev–Trinajstić information content (AvgIpc) is 3.63. The molecular weight excluding hydrogens is 722 g/mol. The number of halogens is 3. The summed E-state index contributed by atoms with van der Waals surface area (Å²) in [4.78, 5) is 11.6. The number of rotatable bonds is 10. The summed E-state index contributed by atoms with van der Waals surface area (Å²) in [7, 11) is -8.16. The molecule has 0 atom stereocenters. The van der Waals surface area contributed by atoms with Crippen molar-refractivity contribution in [2.24, 2.45) is 4.99 Å².